The number of allylic oxidation sites excluding steroid dienone is 1. The molecule has 0 atom stereocenters. The van der Waals surface area contributed by atoms with E-state index in [-0.39, 0.29) is 33.1 Å². The Morgan fingerprint density at radius 3 is 1.75 bits per heavy atom. The van der Waals surface area contributed by atoms with Crippen molar-refractivity contribution in [1.29, 1.82) is 21.0 Å². The summed E-state index contributed by atoms with van der Waals surface area (Å²) in [6.07, 6.45) is 17.6. The predicted octanol–water partition coefficient (Wildman–Crippen LogP) is 7.05. The highest BCUT2D eigenvalue weighted by atomic mass is 32.1. The Bertz CT molecular complexity index is 3040. The van der Waals surface area contributed by atoms with Crippen LogP contribution in [0.25, 0.3) is 48.5 Å². The van der Waals surface area contributed by atoms with Gasteiger partial charge >= 0.3 is 0 Å². The number of rotatable bonds is 4. The zero-order chi connectivity index (χ0) is 38.2. The Kier molecular flexibility index (Phi) is 8.89. The lowest BCUT2D eigenvalue weighted by molar-refractivity contribution is 0.355. The van der Waals surface area contributed by atoms with Gasteiger partial charge in [0.05, 0.1) is 23.3 Å². The van der Waals surface area contributed by atoms with Gasteiger partial charge in [0.15, 0.2) is 11.1 Å². The van der Waals surface area contributed by atoms with E-state index in [9.17, 15) is 30.6 Å². The van der Waals surface area contributed by atoms with E-state index >= 15 is 0 Å². The summed E-state index contributed by atoms with van der Waals surface area (Å²) >= 11 is 8.07. The molecule has 0 aliphatic heterocycles. The SMILES string of the molecule is CCn1c(=C(C#N)C#N)s/c(=C\C2=Cc3sc4c5c(sc4c3C23CCCCC3)-c2sc(/C=c3\sc(=C(C#N)C#N)n(CC)c3=O)cc2C52CCCCC2)c1=O. The van der Waals surface area contributed by atoms with Gasteiger partial charge in [0, 0.05) is 44.1 Å². The van der Waals surface area contributed by atoms with Crippen LogP contribution in [-0.4, -0.2) is 9.13 Å². The Hall–Kier alpha value is -4.60. The number of thiazole rings is 2. The molecule has 8 nitrogen and oxygen atoms in total. The first kappa shape index (κ1) is 36.1. The fourth-order valence-electron chi connectivity index (χ4n) is 9.71. The first-order valence-electron chi connectivity index (χ1n) is 18.8. The third-order valence-electron chi connectivity index (χ3n) is 12.1. The second-order valence-corrected chi connectivity index (χ2v) is 19.9. The van der Waals surface area contributed by atoms with E-state index < -0.39 is 0 Å². The lowest BCUT2D eigenvalue weighted by Crippen LogP contribution is -2.33. The molecule has 4 aliphatic carbocycles. The number of nitrogens with zero attached hydrogens (tertiary/aromatic N) is 6. The van der Waals surface area contributed by atoms with E-state index in [4.69, 9.17) is 0 Å². The van der Waals surface area contributed by atoms with Crippen molar-refractivity contribution in [2.24, 2.45) is 0 Å². The van der Waals surface area contributed by atoms with E-state index in [2.05, 4.69) is 18.2 Å². The monoisotopic (exact) mass is 814 g/mol. The van der Waals surface area contributed by atoms with E-state index in [0.29, 0.717) is 31.5 Å². The fraction of sp³-hybridized carbons (Fsp3) is 0.381. The quantitative estimate of drug-likeness (QED) is 0.191. The van der Waals surface area contributed by atoms with Crippen LogP contribution >= 0.6 is 56.7 Å². The standard InChI is InChI=1S/C42H34N6O2S5/c1-3-47-37(49)29(53-39(47)23(19-43)20-44)16-25-15-28-31(41(25)11-7-5-8-12-41)34-36(52-28)32-35(55-34)33-27(42(32)13-9-6-10-14-42)17-26(51-33)18-30-38(50)48(4-2)40(54-30)24(21-45)22-46/h15-18H,3-14H2,1-2H3/b29-16-,30-18-. The summed E-state index contributed by atoms with van der Waals surface area (Å²) in [5.74, 6) is 0. The van der Waals surface area contributed by atoms with Gasteiger partial charge in [-0.3, -0.25) is 18.7 Å². The van der Waals surface area contributed by atoms with Gasteiger partial charge in [-0.25, -0.2) is 0 Å². The molecule has 5 aromatic heterocycles. The summed E-state index contributed by atoms with van der Waals surface area (Å²) in [6, 6.07) is 10.2. The normalized spacial score (nSPS) is 18.1. The van der Waals surface area contributed by atoms with Crippen molar-refractivity contribution in [2.75, 3.05) is 0 Å². The molecule has 0 radical (unpaired) electrons. The third-order valence-corrected chi connectivity index (χ3v) is 18.1. The Labute approximate surface area is 336 Å². The molecule has 5 heterocycles. The highest BCUT2D eigenvalue weighted by Gasteiger charge is 2.51. The maximum Gasteiger partial charge on any atom is 0.269 e. The number of nitriles is 4. The van der Waals surface area contributed by atoms with Gasteiger partial charge in [0.2, 0.25) is 0 Å². The molecule has 0 bridgehead atoms. The lowest BCUT2D eigenvalue weighted by Gasteiger charge is -2.36. The minimum Gasteiger partial charge on any atom is -0.298 e. The fourth-order valence-corrected chi connectivity index (χ4v) is 16.6. The first-order chi connectivity index (χ1) is 26.8. The number of thiophene rings is 3. The van der Waals surface area contributed by atoms with Gasteiger partial charge < -0.3 is 0 Å². The number of hydrogen-bond donors (Lipinski definition) is 0. The van der Waals surface area contributed by atoms with Crippen molar-refractivity contribution in [2.45, 2.75) is 102 Å². The molecule has 0 N–H and O–H groups in total. The summed E-state index contributed by atoms with van der Waals surface area (Å²) in [5, 5.41) is 38.4. The summed E-state index contributed by atoms with van der Waals surface area (Å²) < 4.78 is 7.83. The Morgan fingerprint density at radius 1 is 0.673 bits per heavy atom. The van der Waals surface area contributed by atoms with Crippen molar-refractivity contribution in [3.63, 3.8) is 0 Å². The zero-order valence-corrected chi connectivity index (χ0v) is 34.4. The van der Waals surface area contributed by atoms with Crippen LogP contribution in [0.5, 0.6) is 0 Å². The van der Waals surface area contributed by atoms with Gasteiger partial charge in [0.1, 0.15) is 33.6 Å². The van der Waals surface area contributed by atoms with Crippen LogP contribution in [0.15, 0.2) is 21.2 Å². The maximum absolute atomic E-state index is 13.7. The molecule has 9 rings (SSSR count). The largest absolute Gasteiger partial charge is 0.298 e. The van der Waals surface area contributed by atoms with Crippen LogP contribution in [0.2, 0.25) is 0 Å². The van der Waals surface area contributed by atoms with Gasteiger partial charge in [-0.05, 0) is 80.5 Å². The van der Waals surface area contributed by atoms with Crippen molar-refractivity contribution >= 4 is 95.5 Å². The van der Waals surface area contributed by atoms with E-state index in [1.54, 1.807) is 15.9 Å². The van der Waals surface area contributed by atoms with Gasteiger partial charge in [0.25, 0.3) is 11.1 Å². The van der Waals surface area contributed by atoms with Crippen LogP contribution in [0.4, 0.5) is 0 Å². The second kappa shape index (κ2) is 13.6. The summed E-state index contributed by atoms with van der Waals surface area (Å²) in [4.78, 5) is 32.2. The molecule has 2 saturated carbocycles. The van der Waals surface area contributed by atoms with Crippen molar-refractivity contribution in [3.8, 4) is 34.0 Å². The van der Waals surface area contributed by atoms with Crippen molar-refractivity contribution in [1.82, 2.24) is 9.13 Å². The van der Waals surface area contributed by atoms with Crippen molar-refractivity contribution < 1.29 is 0 Å². The van der Waals surface area contributed by atoms with Crippen molar-refractivity contribution in [3.05, 3.63) is 77.2 Å². The lowest BCUT2D eigenvalue weighted by atomic mass is 9.67. The van der Waals surface area contributed by atoms with E-state index in [0.717, 1.165) is 43.4 Å². The molecule has 55 heavy (non-hydrogen) atoms. The summed E-state index contributed by atoms with van der Waals surface area (Å²) in [7, 11) is 0. The van der Waals surface area contributed by atoms with Crippen LogP contribution in [0, 0.1) is 45.3 Å². The number of aromatic nitrogens is 2. The first-order valence-corrected chi connectivity index (χ1v) is 22.8. The molecular weight excluding hydrogens is 781 g/mol. The highest BCUT2D eigenvalue weighted by Crippen LogP contribution is 2.67. The average Bonchev–Trinajstić information content (AvgIpc) is 4.05. The van der Waals surface area contributed by atoms with Gasteiger partial charge in [-0.15, -0.1) is 56.7 Å². The molecule has 4 aliphatic rings. The second-order valence-electron chi connectivity index (χ2n) is 14.7. The van der Waals surface area contributed by atoms with Gasteiger partial charge in [-0.2, -0.15) is 21.0 Å². The molecule has 0 aromatic carbocycles. The molecular formula is C42H34N6O2S5. The van der Waals surface area contributed by atoms with E-state index in [1.165, 1.54) is 99.2 Å². The molecule has 274 valence electrons. The minimum absolute atomic E-state index is 0.0283. The molecule has 2 spiro atoms. The van der Waals surface area contributed by atoms with Crippen LogP contribution in [0.3, 0.4) is 0 Å². The molecule has 5 aromatic rings. The minimum atomic E-state index is -0.190. The average molecular weight is 815 g/mol. The highest BCUT2D eigenvalue weighted by molar-refractivity contribution is 7.32. The number of hydrogen-bond acceptors (Lipinski definition) is 11. The number of fused-ring (bicyclic) bond motifs is 10. The topological polar surface area (TPSA) is 139 Å². The molecule has 13 heteroatoms. The van der Waals surface area contributed by atoms with Gasteiger partial charge in [-0.1, -0.05) is 38.5 Å². The van der Waals surface area contributed by atoms with Crippen LogP contribution in [0.1, 0.15) is 105 Å². The molecule has 0 unspecified atom stereocenters. The maximum atomic E-state index is 13.7. The zero-order valence-electron chi connectivity index (χ0n) is 30.3. The van der Waals surface area contributed by atoms with E-state index in [1.807, 2.05) is 66.9 Å². The smallest absolute Gasteiger partial charge is 0.269 e. The summed E-state index contributed by atoms with van der Waals surface area (Å²) in [6.45, 7) is 4.51. The predicted molar refractivity (Wildman–Crippen MR) is 224 cm³/mol. The Morgan fingerprint density at radius 2 is 1.20 bits per heavy atom. The van der Waals surface area contributed by atoms with Crippen LogP contribution < -0.4 is 29.5 Å². The Balaban J connectivity index is 1.23. The third kappa shape index (κ3) is 5.11. The molecule has 0 saturated heterocycles. The molecule has 0 amide bonds. The van der Waals surface area contributed by atoms with Crippen LogP contribution in [-0.2, 0) is 23.9 Å². The molecule has 2 fully saturated rings. The summed E-state index contributed by atoms with van der Waals surface area (Å²) in [5.41, 5.74) is 4.85.